The number of aliphatic hydroxyl groups is 1. The number of rotatable bonds is 5. The summed E-state index contributed by atoms with van der Waals surface area (Å²) in [5.41, 5.74) is -0.162. The Labute approximate surface area is 86.7 Å². The van der Waals surface area contributed by atoms with Crippen LogP contribution >= 0.6 is 0 Å². The number of hydrogen-bond donors (Lipinski definition) is 2. The van der Waals surface area contributed by atoms with E-state index in [-0.39, 0.29) is 12.5 Å². The predicted octanol–water partition coefficient (Wildman–Crippen LogP) is 0.142. The molecule has 1 rings (SSSR count). The lowest BCUT2D eigenvalue weighted by Gasteiger charge is -2.02. The van der Waals surface area contributed by atoms with Crippen LogP contribution in [0.3, 0.4) is 0 Å². The SMILES string of the molecule is O=C(NCCCCO)c1ccc(=O)oc1. The molecule has 1 aromatic heterocycles. The number of hydrogen-bond acceptors (Lipinski definition) is 4. The summed E-state index contributed by atoms with van der Waals surface area (Å²) in [5, 5.41) is 11.2. The zero-order valence-electron chi connectivity index (χ0n) is 8.23. The zero-order chi connectivity index (χ0) is 11.1. The van der Waals surface area contributed by atoms with Gasteiger partial charge >= 0.3 is 5.63 Å². The van der Waals surface area contributed by atoms with Crippen molar-refractivity contribution in [3.8, 4) is 0 Å². The maximum atomic E-state index is 11.4. The normalized spacial score (nSPS) is 9.93. The molecule has 0 saturated heterocycles. The molecule has 1 aromatic rings. The first-order chi connectivity index (χ1) is 7.24. The minimum atomic E-state index is -0.480. The van der Waals surface area contributed by atoms with Crippen LogP contribution in [0.1, 0.15) is 23.2 Å². The number of carbonyl (C=O) groups excluding carboxylic acids is 1. The summed E-state index contributed by atoms with van der Waals surface area (Å²) in [6.45, 7) is 0.620. The minimum Gasteiger partial charge on any atom is -0.430 e. The van der Waals surface area contributed by atoms with Crippen molar-refractivity contribution in [2.75, 3.05) is 13.2 Å². The Morgan fingerprint density at radius 1 is 1.40 bits per heavy atom. The Kier molecular flexibility index (Phi) is 4.56. The molecule has 0 aliphatic heterocycles. The second-order valence-corrected chi connectivity index (χ2v) is 3.03. The Morgan fingerprint density at radius 2 is 2.20 bits per heavy atom. The molecule has 0 aliphatic carbocycles. The van der Waals surface area contributed by atoms with E-state index in [1.165, 1.54) is 12.1 Å². The van der Waals surface area contributed by atoms with Gasteiger partial charge in [-0.1, -0.05) is 0 Å². The highest BCUT2D eigenvalue weighted by Gasteiger charge is 2.04. The number of carbonyl (C=O) groups is 1. The van der Waals surface area contributed by atoms with Crippen LogP contribution in [0.5, 0.6) is 0 Å². The first-order valence-electron chi connectivity index (χ1n) is 4.72. The standard InChI is InChI=1S/C10H13NO4/c12-6-2-1-5-11-10(14)8-3-4-9(13)15-7-8/h3-4,7,12H,1-2,5-6H2,(H,11,14). The fourth-order valence-electron chi connectivity index (χ4n) is 1.03. The lowest BCUT2D eigenvalue weighted by atomic mass is 10.2. The van der Waals surface area contributed by atoms with Crippen molar-refractivity contribution < 1.29 is 14.3 Å². The molecule has 0 bridgehead atoms. The lowest BCUT2D eigenvalue weighted by Crippen LogP contribution is -2.24. The van der Waals surface area contributed by atoms with E-state index >= 15 is 0 Å². The molecule has 1 amide bonds. The van der Waals surface area contributed by atoms with Crippen molar-refractivity contribution in [1.29, 1.82) is 0 Å². The van der Waals surface area contributed by atoms with E-state index in [0.29, 0.717) is 18.5 Å². The number of unbranched alkanes of at least 4 members (excludes halogenated alkanes) is 1. The quantitative estimate of drug-likeness (QED) is 0.679. The van der Waals surface area contributed by atoms with Gasteiger partial charge < -0.3 is 14.8 Å². The summed E-state index contributed by atoms with van der Waals surface area (Å²) in [6, 6.07) is 2.61. The van der Waals surface area contributed by atoms with Crippen molar-refractivity contribution in [3.05, 3.63) is 34.4 Å². The molecule has 0 aliphatic rings. The maximum absolute atomic E-state index is 11.4. The molecule has 5 heteroatoms. The Balaban J connectivity index is 2.40. The highest BCUT2D eigenvalue weighted by Crippen LogP contribution is 1.95. The molecule has 82 valence electrons. The van der Waals surface area contributed by atoms with E-state index in [4.69, 9.17) is 5.11 Å². The van der Waals surface area contributed by atoms with Crippen molar-refractivity contribution >= 4 is 5.91 Å². The van der Waals surface area contributed by atoms with Gasteiger partial charge in [-0.15, -0.1) is 0 Å². The third kappa shape index (κ3) is 3.95. The van der Waals surface area contributed by atoms with E-state index < -0.39 is 5.63 Å². The largest absolute Gasteiger partial charge is 0.430 e. The Bertz CT molecular complexity index is 351. The van der Waals surface area contributed by atoms with E-state index in [1.807, 2.05) is 0 Å². The molecular weight excluding hydrogens is 198 g/mol. The van der Waals surface area contributed by atoms with Gasteiger partial charge in [-0.3, -0.25) is 4.79 Å². The van der Waals surface area contributed by atoms with E-state index in [9.17, 15) is 9.59 Å². The zero-order valence-corrected chi connectivity index (χ0v) is 8.23. The first kappa shape index (κ1) is 11.5. The summed E-state index contributed by atoms with van der Waals surface area (Å²) >= 11 is 0. The molecule has 5 nitrogen and oxygen atoms in total. The molecule has 0 aromatic carbocycles. The van der Waals surface area contributed by atoms with Crippen LogP contribution in [-0.2, 0) is 0 Å². The predicted molar refractivity (Wildman–Crippen MR) is 53.6 cm³/mol. The van der Waals surface area contributed by atoms with Crippen LogP contribution in [0.4, 0.5) is 0 Å². The Morgan fingerprint density at radius 3 is 2.80 bits per heavy atom. The first-order valence-corrected chi connectivity index (χ1v) is 4.72. The monoisotopic (exact) mass is 211 g/mol. The third-order valence-corrected chi connectivity index (χ3v) is 1.83. The lowest BCUT2D eigenvalue weighted by molar-refractivity contribution is 0.0949. The topological polar surface area (TPSA) is 79.5 Å². The van der Waals surface area contributed by atoms with Crippen LogP contribution in [0.25, 0.3) is 0 Å². The summed E-state index contributed by atoms with van der Waals surface area (Å²) in [5.74, 6) is -0.281. The van der Waals surface area contributed by atoms with Gasteiger partial charge in [0, 0.05) is 19.2 Å². The summed E-state index contributed by atoms with van der Waals surface area (Å²) in [6.07, 6.45) is 2.51. The van der Waals surface area contributed by atoms with Crippen LogP contribution in [-0.4, -0.2) is 24.2 Å². The molecule has 0 spiro atoms. The number of aliphatic hydroxyl groups excluding tert-OH is 1. The molecule has 0 atom stereocenters. The van der Waals surface area contributed by atoms with E-state index in [1.54, 1.807) is 0 Å². The molecule has 0 fully saturated rings. The maximum Gasteiger partial charge on any atom is 0.335 e. The molecule has 1 heterocycles. The molecular formula is C10H13NO4. The smallest absolute Gasteiger partial charge is 0.335 e. The highest BCUT2D eigenvalue weighted by molar-refractivity contribution is 5.93. The van der Waals surface area contributed by atoms with Gasteiger partial charge in [-0.05, 0) is 18.9 Å². The van der Waals surface area contributed by atoms with Gasteiger partial charge in [0.15, 0.2) is 0 Å². The Hall–Kier alpha value is -1.62. The van der Waals surface area contributed by atoms with E-state index in [0.717, 1.165) is 12.7 Å². The van der Waals surface area contributed by atoms with Crippen LogP contribution in [0.2, 0.25) is 0 Å². The van der Waals surface area contributed by atoms with Gasteiger partial charge in [0.1, 0.15) is 6.26 Å². The average molecular weight is 211 g/mol. The summed E-state index contributed by atoms with van der Waals surface area (Å²) in [7, 11) is 0. The van der Waals surface area contributed by atoms with Crippen LogP contribution in [0.15, 0.2) is 27.6 Å². The molecule has 0 unspecified atom stereocenters. The molecule has 0 saturated carbocycles. The van der Waals surface area contributed by atoms with Crippen molar-refractivity contribution in [2.45, 2.75) is 12.8 Å². The third-order valence-electron chi connectivity index (χ3n) is 1.83. The van der Waals surface area contributed by atoms with Gasteiger partial charge in [-0.2, -0.15) is 0 Å². The fourth-order valence-corrected chi connectivity index (χ4v) is 1.03. The highest BCUT2D eigenvalue weighted by atomic mass is 16.4. The summed E-state index contributed by atoms with van der Waals surface area (Å²) in [4.78, 5) is 22.0. The van der Waals surface area contributed by atoms with Gasteiger partial charge in [0.25, 0.3) is 5.91 Å². The molecule has 0 radical (unpaired) electrons. The number of nitrogens with one attached hydrogen (secondary N) is 1. The van der Waals surface area contributed by atoms with Gasteiger partial charge in [-0.25, -0.2) is 4.79 Å². The number of amides is 1. The minimum absolute atomic E-state index is 0.121. The molecule has 2 N–H and O–H groups in total. The van der Waals surface area contributed by atoms with Crippen molar-refractivity contribution in [1.82, 2.24) is 5.32 Å². The molecule has 15 heavy (non-hydrogen) atoms. The second-order valence-electron chi connectivity index (χ2n) is 3.03. The second kappa shape index (κ2) is 5.98. The van der Waals surface area contributed by atoms with Crippen LogP contribution in [0, 0.1) is 0 Å². The van der Waals surface area contributed by atoms with Gasteiger partial charge in [0.05, 0.1) is 5.56 Å². The van der Waals surface area contributed by atoms with Crippen molar-refractivity contribution in [2.24, 2.45) is 0 Å². The van der Waals surface area contributed by atoms with Crippen molar-refractivity contribution in [3.63, 3.8) is 0 Å². The van der Waals surface area contributed by atoms with Crippen LogP contribution < -0.4 is 10.9 Å². The fraction of sp³-hybridized carbons (Fsp3) is 0.400. The van der Waals surface area contributed by atoms with Gasteiger partial charge in [0.2, 0.25) is 0 Å². The average Bonchev–Trinajstić information content (AvgIpc) is 2.25. The van der Waals surface area contributed by atoms with E-state index in [2.05, 4.69) is 9.73 Å². The summed E-state index contributed by atoms with van der Waals surface area (Å²) < 4.78 is 4.55.